The maximum atomic E-state index is 12.5. The molecule has 5 nitrogen and oxygen atoms in total. The Morgan fingerprint density at radius 2 is 1.92 bits per heavy atom. The van der Waals surface area contributed by atoms with Gasteiger partial charge in [-0.2, -0.15) is 0 Å². The number of ether oxygens (including phenoxy) is 2. The molecule has 3 unspecified atom stereocenters. The fraction of sp³-hybridized carbons (Fsp3) is 0.632. The van der Waals surface area contributed by atoms with Crippen LogP contribution < -0.4 is 20.1 Å². The van der Waals surface area contributed by atoms with Gasteiger partial charge in [-0.15, -0.1) is 12.4 Å². The van der Waals surface area contributed by atoms with Crippen molar-refractivity contribution in [1.82, 2.24) is 10.6 Å². The molecule has 0 aliphatic carbocycles. The van der Waals surface area contributed by atoms with E-state index in [1.807, 2.05) is 25.1 Å². The number of hydrogen-bond donors (Lipinski definition) is 2. The molecule has 0 radical (unpaired) electrons. The number of carbonyl (C=O) groups excluding carboxylic acids is 1. The van der Waals surface area contributed by atoms with Gasteiger partial charge in [0.1, 0.15) is 11.5 Å². The Kier molecular flexibility index (Phi) is 6.96. The molecule has 1 aromatic rings. The molecule has 2 bridgehead atoms. The third-order valence-electron chi connectivity index (χ3n) is 5.33. The fourth-order valence-corrected chi connectivity index (χ4v) is 4.16. The second-order valence-electron chi connectivity index (χ2n) is 7.08. The number of methoxy groups -OCH3 is 2. The molecule has 0 spiro atoms. The summed E-state index contributed by atoms with van der Waals surface area (Å²) in [5, 5.41) is 6.75. The van der Waals surface area contributed by atoms with Gasteiger partial charge in [-0.1, -0.05) is 0 Å². The summed E-state index contributed by atoms with van der Waals surface area (Å²) in [6, 6.07) is 6.80. The van der Waals surface area contributed by atoms with Crippen LogP contribution >= 0.6 is 12.4 Å². The van der Waals surface area contributed by atoms with Gasteiger partial charge >= 0.3 is 0 Å². The summed E-state index contributed by atoms with van der Waals surface area (Å²) in [6.45, 7) is 1.99. The molecule has 140 valence electrons. The van der Waals surface area contributed by atoms with Gasteiger partial charge in [0, 0.05) is 24.1 Å². The highest BCUT2D eigenvalue weighted by Gasteiger charge is 2.34. The minimum Gasteiger partial charge on any atom is -0.497 e. The van der Waals surface area contributed by atoms with Gasteiger partial charge in [-0.3, -0.25) is 4.79 Å². The van der Waals surface area contributed by atoms with Crippen LogP contribution in [0.5, 0.6) is 11.5 Å². The monoisotopic (exact) mass is 368 g/mol. The van der Waals surface area contributed by atoms with Crippen molar-refractivity contribution in [3.05, 3.63) is 23.8 Å². The largest absolute Gasteiger partial charge is 0.497 e. The predicted octanol–water partition coefficient (Wildman–Crippen LogP) is 3.22. The van der Waals surface area contributed by atoms with Crippen LogP contribution in [0.1, 0.15) is 50.6 Å². The molecular weight excluding hydrogens is 340 g/mol. The SMILES string of the molecule is COc1ccc(OC)c(C(C)NC(=O)CC2CC3CCC(C2)N3)c1.Cl. The highest BCUT2D eigenvalue weighted by molar-refractivity contribution is 5.85. The van der Waals surface area contributed by atoms with E-state index in [1.165, 1.54) is 12.8 Å². The molecule has 2 aliphatic rings. The van der Waals surface area contributed by atoms with E-state index in [4.69, 9.17) is 9.47 Å². The third kappa shape index (κ3) is 4.79. The zero-order valence-electron chi connectivity index (χ0n) is 15.2. The first-order chi connectivity index (χ1) is 11.6. The van der Waals surface area contributed by atoms with E-state index in [2.05, 4.69) is 10.6 Å². The summed E-state index contributed by atoms with van der Waals surface area (Å²) >= 11 is 0. The molecule has 1 aromatic carbocycles. The lowest BCUT2D eigenvalue weighted by Gasteiger charge is -2.29. The normalized spacial score (nSPS) is 25.6. The van der Waals surface area contributed by atoms with Gasteiger partial charge in [0.15, 0.2) is 0 Å². The second-order valence-corrected chi connectivity index (χ2v) is 7.08. The summed E-state index contributed by atoms with van der Waals surface area (Å²) in [5.41, 5.74) is 0.940. The molecule has 3 rings (SSSR count). The van der Waals surface area contributed by atoms with Gasteiger partial charge in [0.05, 0.1) is 20.3 Å². The van der Waals surface area contributed by atoms with Crippen molar-refractivity contribution in [3.8, 4) is 11.5 Å². The summed E-state index contributed by atoms with van der Waals surface area (Å²) in [6.07, 6.45) is 5.40. The Hall–Kier alpha value is -1.46. The van der Waals surface area contributed by atoms with Crippen LogP contribution in [0.3, 0.4) is 0 Å². The van der Waals surface area contributed by atoms with E-state index in [-0.39, 0.29) is 24.4 Å². The van der Waals surface area contributed by atoms with Crippen molar-refractivity contribution < 1.29 is 14.3 Å². The quantitative estimate of drug-likeness (QED) is 0.809. The van der Waals surface area contributed by atoms with Crippen LogP contribution in [0.15, 0.2) is 18.2 Å². The minimum absolute atomic E-state index is 0. The molecule has 1 amide bonds. The number of piperidine rings is 1. The lowest BCUT2D eigenvalue weighted by molar-refractivity contribution is -0.122. The molecule has 2 saturated heterocycles. The smallest absolute Gasteiger partial charge is 0.220 e. The third-order valence-corrected chi connectivity index (χ3v) is 5.33. The van der Waals surface area contributed by atoms with Crippen molar-refractivity contribution in [2.24, 2.45) is 5.92 Å². The first-order valence-corrected chi connectivity index (χ1v) is 8.86. The summed E-state index contributed by atoms with van der Waals surface area (Å²) in [7, 11) is 3.28. The second kappa shape index (κ2) is 8.77. The van der Waals surface area contributed by atoms with E-state index < -0.39 is 0 Å². The van der Waals surface area contributed by atoms with Crippen LogP contribution in [-0.4, -0.2) is 32.2 Å². The number of fused-ring (bicyclic) bond motifs is 2. The maximum Gasteiger partial charge on any atom is 0.220 e. The topological polar surface area (TPSA) is 59.6 Å². The fourth-order valence-electron chi connectivity index (χ4n) is 4.16. The minimum atomic E-state index is -0.110. The van der Waals surface area contributed by atoms with Crippen LogP contribution in [0.25, 0.3) is 0 Å². The number of carbonyl (C=O) groups is 1. The summed E-state index contributed by atoms with van der Waals surface area (Å²) in [4.78, 5) is 12.5. The van der Waals surface area contributed by atoms with Crippen molar-refractivity contribution in [2.45, 2.75) is 57.2 Å². The lowest BCUT2D eigenvalue weighted by atomic mass is 9.89. The van der Waals surface area contributed by atoms with E-state index >= 15 is 0 Å². The summed E-state index contributed by atoms with van der Waals surface area (Å²) in [5.74, 6) is 2.16. The molecule has 2 aliphatic heterocycles. The predicted molar refractivity (Wildman–Crippen MR) is 101 cm³/mol. The van der Waals surface area contributed by atoms with Gasteiger partial charge in [0.2, 0.25) is 5.91 Å². The van der Waals surface area contributed by atoms with E-state index in [0.717, 1.165) is 29.9 Å². The number of halogens is 1. The highest BCUT2D eigenvalue weighted by Crippen LogP contribution is 2.33. The van der Waals surface area contributed by atoms with Gasteiger partial charge < -0.3 is 20.1 Å². The van der Waals surface area contributed by atoms with E-state index in [0.29, 0.717) is 24.4 Å². The van der Waals surface area contributed by atoms with Crippen LogP contribution in [-0.2, 0) is 4.79 Å². The van der Waals surface area contributed by atoms with Crippen molar-refractivity contribution in [1.29, 1.82) is 0 Å². The van der Waals surface area contributed by atoms with Crippen LogP contribution in [0.4, 0.5) is 0 Å². The zero-order chi connectivity index (χ0) is 17.1. The number of benzene rings is 1. The average Bonchev–Trinajstić information content (AvgIpc) is 2.92. The lowest BCUT2D eigenvalue weighted by Crippen LogP contribution is -2.40. The van der Waals surface area contributed by atoms with Gasteiger partial charge in [0.25, 0.3) is 0 Å². The van der Waals surface area contributed by atoms with E-state index in [1.54, 1.807) is 14.2 Å². The Bertz CT molecular complexity index is 584. The molecule has 0 aromatic heterocycles. The molecule has 2 fully saturated rings. The maximum absolute atomic E-state index is 12.5. The van der Waals surface area contributed by atoms with Gasteiger partial charge in [-0.25, -0.2) is 0 Å². The first-order valence-electron chi connectivity index (χ1n) is 8.86. The summed E-state index contributed by atoms with van der Waals surface area (Å²) < 4.78 is 10.7. The number of amides is 1. The van der Waals surface area contributed by atoms with Gasteiger partial charge in [-0.05, 0) is 56.7 Å². The molecular formula is C19H29ClN2O3. The Morgan fingerprint density at radius 3 is 2.52 bits per heavy atom. The van der Waals surface area contributed by atoms with Crippen molar-refractivity contribution in [2.75, 3.05) is 14.2 Å². The Labute approximate surface area is 156 Å². The Morgan fingerprint density at radius 1 is 1.24 bits per heavy atom. The molecule has 2 heterocycles. The first kappa shape index (κ1) is 19.9. The molecule has 25 heavy (non-hydrogen) atoms. The van der Waals surface area contributed by atoms with Crippen molar-refractivity contribution in [3.63, 3.8) is 0 Å². The number of hydrogen-bond acceptors (Lipinski definition) is 4. The highest BCUT2D eigenvalue weighted by atomic mass is 35.5. The van der Waals surface area contributed by atoms with Crippen LogP contribution in [0, 0.1) is 5.92 Å². The van der Waals surface area contributed by atoms with E-state index in [9.17, 15) is 4.79 Å². The molecule has 6 heteroatoms. The van der Waals surface area contributed by atoms with Crippen molar-refractivity contribution >= 4 is 18.3 Å². The Balaban J connectivity index is 0.00000225. The zero-order valence-corrected chi connectivity index (χ0v) is 16.0. The number of rotatable bonds is 6. The number of nitrogens with one attached hydrogen (secondary N) is 2. The average molecular weight is 369 g/mol. The standard InChI is InChI=1S/C19H28N2O3.ClH/c1-12(17-11-16(23-2)6-7-18(17)24-3)20-19(22)10-13-8-14-4-5-15(9-13)21-14;/h6-7,11-15,21H,4-5,8-10H2,1-3H3,(H,20,22);1H. The molecule has 3 atom stereocenters. The molecule has 2 N–H and O–H groups in total. The van der Waals surface area contributed by atoms with Crippen LogP contribution in [0.2, 0.25) is 0 Å². The molecule has 0 saturated carbocycles.